The summed E-state index contributed by atoms with van der Waals surface area (Å²) in [6, 6.07) is 14.2. The van der Waals surface area contributed by atoms with Crippen LogP contribution in [0.2, 0.25) is 0 Å². The molecule has 23 heavy (non-hydrogen) atoms. The molecule has 122 valence electrons. The van der Waals surface area contributed by atoms with Crippen LogP contribution in [0.4, 0.5) is 5.69 Å². The second kappa shape index (κ2) is 8.08. The summed E-state index contributed by atoms with van der Waals surface area (Å²) in [4.78, 5) is 12.3. The molecule has 0 heterocycles. The lowest BCUT2D eigenvalue weighted by Gasteiger charge is -2.27. The summed E-state index contributed by atoms with van der Waals surface area (Å²) in [6.45, 7) is 0. The van der Waals surface area contributed by atoms with Crippen LogP contribution in [0.25, 0.3) is 0 Å². The maximum atomic E-state index is 12.3. The number of nitrogens with one attached hydrogen (secondary N) is 2. The number of carbonyl (C=O) groups is 1. The Bertz CT molecular complexity index is 673. The van der Waals surface area contributed by atoms with Gasteiger partial charge < -0.3 is 10.6 Å². The Balaban J connectivity index is 2.14. The second-order valence-corrected chi connectivity index (χ2v) is 8.81. The number of carbonyl (C=O) groups excluding carboxylic acids is 1. The number of amides is 1. The Labute approximate surface area is 165 Å². The highest BCUT2D eigenvalue weighted by Gasteiger charge is 2.34. The molecule has 0 radical (unpaired) electrons. The molecule has 0 aromatic heterocycles. The number of halogens is 5. The highest BCUT2D eigenvalue weighted by Crippen LogP contribution is 2.31. The highest BCUT2D eigenvalue weighted by molar-refractivity contribution is 9.10. The van der Waals surface area contributed by atoms with Gasteiger partial charge in [0.2, 0.25) is 3.79 Å². The van der Waals surface area contributed by atoms with E-state index in [2.05, 4.69) is 42.5 Å². The minimum absolute atomic E-state index is 0.349. The Morgan fingerprint density at radius 3 is 1.87 bits per heavy atom. The van der Waals surface area contributed by atoms with Crippen LogP contribution in [0.1, 0.15) is 10.4 Å². The van der Waals surface area contributed by atoms with Crippen molar-refractivity contribution in [2.45, 2.75) is 9.96 Å². The van der Waals surface area contributed by atoms with Crippen LogP contribution < -0.4 is 10.6 Å². The molecule has 1 atom stereocenters. The van der Waals surface area contributed by atoms with Gasteiger partial charge in [0.15, 0.2) is 0 Å². The van der Waals surface area contributed by atoms with E-state index in [0.717, 1.165) is 8.95 Å². The van der Waals surface area contributed by atoms with Crippen LogP contribution in [0, 0.1) is 0 Å². The first-order valence-corrected chi connectivity index (χ1v) is 9.13. The average molecular weight is 501 g/mol. The molecule has 2 rings (SSSR count). The smallest absolute Gasteiger partial charge is 0.252 e. The lowest BCUT2D eigenvalue weighted by molar-refractivity contribution is 0.0942. The monoisotopic (exact) mass is 498 g/mol. The first-order valence-electron chi connectivity index (χ1n) is 6.41. The molecule has 2 aromatic carbocycles. The Morgan fingerprint density at radius 2 is 1.39 bits per heavy atom. The molecule has 0 aliphatic rings. The molecule has 0 aliphatic carbocycles. The van der Waals surface area contributed by atoms with Gasteiger partial charge >= 0.3 is 0 Å². The minimum atomic E-state index is -1.72. The minimum Gasteiger partial charge on any atom is -0.362 e. The number of rotatable bonds is 4. The number of hydrogen-bond donors (Lipinski definition) is 2. The van der Waals surface area contributed by atoms with E-state index in [-0.39, 0.29) is 5.91 Å². The summed E-state index contributed by atoms with van der Waals surface area (Å²) in [6.07, 6.45) is -0.898. The molecule has 0 saturated carbocycles. The number of benzene rings is 2. The number of hydrogen-bond acceptors (Lipinski definition) is 2. The molecule has 1 unspecified atom stereocenters. The van der Waals surface area contributed by atoms with Crippen molar-refractivity contribution < 1.29 is 4.79 Å². The molecular formula is C15H11Br2Cl3N2O. The van der Waals surface area contributed by atoms with Gasteiger partial charge in [-0.1, -0.05) is 66.7 Å². The molecule has 0 spiro atoms. The molecular weight excluding hydrogens is 490 g/mol. The van der Waals surface area contributed by atoms with Crippen molar-refractivity contribution in [1.29, 1.82) is 0 Å². The maximum Gasteiger partial charge on any atom is 0.252 e. The summed E-state index contributed by atoms with van der Waals surface area (Å²) < 4.78 is 0.0744. The van der Waals surface area contributed by atoms with Gasteiger partial charge in [0.25, 0.3) is 5.91 Å². The zero-order chi connectivity index (χ0) is 17.0. The summed E-state index contributed by atoms with van der Waals surface area (Å²) in [5.41, 5.74) is 1.17. The zero-order valence-electron chi connectivity index (χ0n) is 11.5. The molecule has 1 amide bonds. The number of anilines is 1. The average Bonchev–Trinajstić information content (AvgIpc) is 2.48. The van der Waals surface area contributed by atoms with Gasteiger partial charge in [-0.25, -0.2) is 0 Å². The summed E-state index contributed by atoms with van der Waals surface area (Å²) in [5, 5.41) is 5.68. The van der Waals surface area contributed by atoms with Crippen molar-refractivity contribution in [3.8, 4) is 0 Å². The predicted octanol–water partition coefficient (Wildman–Crippen LogP) is 5.75. The van der Waals surface area contributed by atoms with E-state index in [1.54, 1.807) is 36.4 Å². The van der Waals surface area contributed by atoms with Crippen LogP contribution in [0.5, 0.6) is 0 Å². The van der Waals surface area contributed by atoms with E-state index in [4.69, 9.17) is 34.8 Å². The molecule has 0 fully saturated rings. The molecule has 2 N–H and O–H groups in total. The van der Waals surface area contributed by atoms with Crippen LogP contribution in [-0.2, 0) is 0 Å². The fourth-order valence-corrected chi connectivity index (χ4v) is 2.58. The molecule has 0 aliphatic heterocycles. The molecule has 3 nitrogen and oxygen atoms in total. The third kappa shape index (κ3) is 5.84. The lowest BCUT2D eigenvalue weighted by Crippen LogP contribution is -2.49. The van der Waals surface area contributed by atoms with Crippen molar-refractivity contribution >= 4 is 78.3 Å². The van der Waals surface area contributed by atoms with E-state index in [1.807, 2.05) is 12.1 Å². The first kappa shape index (κ1) is 18.9. The van der Waals surface area contributed by atoms with Gasteiger partial charge in [0, 0.05) is 20.2 Å². The predicted molar refractivity (Wildman–Crippen MR) is 103 cm³/mol. The first-order chi connectivity index (χ1) is 10.8. The van der Waals surface area contributed by atoms with Gasteiger partial charge in [-0.15, -0.1) is 0 Å². The van der Waals surface area contributed by atoms with Crippen molar-refractivity contribution in [2.24, 2.45) is 0 Å². The summed E-state index contributed by atoms with van der Waals surface area (Å²) >= 11 is 24.6. The van der Waals surface area contributed by atoms with E-state index >= 15 is 0 Å². The Morgan fingerprint density at radius 1 is 0.913 bits per heavy atom. The molecule has 2 aromatic rings. The molecule has 0 bridgehead atoms. The van der Waals surface area contributed by atoms with Gasteiger partial charge in [-0.2, -0.15) is 0 Å². The zero-order valence-corrected chi connectivity index (χ0v) is 16.9. The van der Waals surface area contributed by atoms with Crippen LogP contribution in [-0.4, -0.2) is 15.9 Å². The van der Waals surface area contributed by atoms with Crippen molar-refractivity contribution in [3.63, 3.8) is 0 Å². The largest absolute Gasteiger partial charge is 0.362 e. The van der Waals surface area contributed by atoms with Gasteiger partial charge in [0.05, 0.1) is 0 Å². The maximum absolute atomic E-state index is 12.3. The SMILES string of the molecule is O=C(NC(Nc1ccc(Br)cc1)C(Cl)(Cl)Cl)c1ccc(Br)cc1. The van der Waals surface area contributed by atoms with E-state index < -0.39 is 9.96 Å². The van der Waals surface area contributed by atoms with Crippen molar-refractivity contribution in [2.75, 3.05) is 5.32 Å². The fourth-order valence-electron chi connectivity index (χ4n) is 1.73. The molecule has 8 heteroatoms. The normalized spacial score (nSPS) is 12.6. The van der Waals surface area contributed by atoms with Crippen molar-refractivity contribution in [3.05, 3.63) is 63.0 Å². The summed E-state index contributed by atoms with van der Waals surface area (Å²) in [7, 11) is 0. The van der Waals surface area contributed by atoms with Crippen LogP contribution >= 0.6 is 66.7 Å². The van der Waals surface area contributed by atoms with Gasteiger partial charge in [-0.3, -0.25) is 4.79 Å². The second-order valence-electron chi connectivity index (χ2n) is 4.61. The summed E-state index contributed by atoms with van der Waals surface area (Å²) in [5.74, 6) is -0.349. The standard InChI is InChI=1S/C15H11Br2Cl3N2O/c16-10-3-1-9(2-4-10)13(23)22-14(15(18,19)20)21-12-7-5-11(17)6-8-12/h1-8,14,21H,(H,22,23). The quantitative estimate of drug-likeness (QED) is 0.414. The third-order valence-corrected chi connectivity index (χ3v) is 4.58. The van der Waals surface area contributed by atoms with Crippen LogP contribution in [0.3, 0.4) is 0 Å². The highest BCUT2D eigenvalue weighted by atomic mass is 79.9. The molecule has 0 saturated heterocycles. The Hall–Kier alpha value is -0.460. The van der Waals surface area contributed by atoms with Crippen LogP contribution in [0.15, 0.2) is 57.5 Å². The third-order valence-electron chi connectivity index (χ3n) is 2.86. The topological polar surface area (TPSA) is 41.1 Å². The lowest BCUT2D eigenvalue weighted by atomic mass is 10.2. The van der Waals surface area contributed by atoms with E-state index in [0.29, 0.717) is 11.3 Å². The number of alkyl halides is 3. The van der Waals surface area contributed by atoms with Gasteiger partial charge in [-0.05, 0) is 48.5 Å². The Kier molecular flexibility index (Phi) is 6.63. The van der Waals surface area contributed by atoms with E-state index in [9.17, 15) is 4.79 Å². The van der Waals surface area contributed by atoms with Crippen molar-refractivity contribution in [1.82, 2.24) is 5.32 Å². The van der Waals surface area contributed by atoms with E-state index in [1.165, 1.54) is 0 Å². The van der Waals surface area contributed by atoms with Gasteiger partial charge in [0.1, 0.15) is 6.17 Å². The fraction of sp³-hybridized carbons (Fsp3) is 0.133.